The first kappa shape index (κ1) is 15.0. The van der Waals surface area contributed by atoms with Gasteiger partial charge in [-0.1, -0.05) is 9.46 Å². The number of carbonyl (C=O) groups excluding carboxylic acids is 1. The van der Waals surface area contributed by atoms with Crippen LogP contribution >= 0.6 is 7.82 Å². The molecule has 0 saturated carbocycles. The average Bonchev–Trinajstić information content (AvgIpc) is 2.04. The average molecular weight is 214 g/mol. The summed E-state index contributed by atoms with van der Waals surface area (Å²) in [6.45, 7) is 0. The molecule has 0 aliphatic heterocycles. The number of hydrogen-bond donors (Lipinski definition) is 1. The zero-order chi connectivity index (χ0) is 9.78. The summed E-state index contributed by atoms with van der Waals surface area (Å²) in [6, 6.07) is 0. The summed E-state index contributed by atoms with van der Waals surface area (Å²) in [5.41, 5.74) is 0. The van der Waals surface area contributed by atoms with Crippen LogP contribution in [0.3, 0.4) is 0 Å². The van der Waals surface area contributed by atoms with E-state index in [9.17, 15) is 23.2 Å². The zero-order valence-electron chi connectivity index (χ0n) is 7.10. The predicted octanol–water partition coefficient (Wildman–Crippen LogP) is -2.36. The van der Waals surface area contributed by atoms with Crippen molar-refractivity contribution in [2.75, 3.05) is 0 Å². The van der Waals surface area contributed by atoms with Crippen LogP contribution in [0.2, 0.25) is 0 Å². The molecule has 0 aliphatic carbocycles. The minimum absolute atomic E-state index is 0. The molecule has 13 heavy (non-hydrogen) atoms. The van der Waals surface area contributed by atoms with Gasteiger partial charge in [0.15, 0.2) is 0 Å². The Bertz CT molecular complexity index is 240. The first-order valence-corrected chi connectivity index (χ1v) is 3.59. The van der Waals surface area contributed by atoms with E-state index in [1.54, 1.807) is 0 Å². The molecule has 0 atom stereocenters. The van der Waals surface area contributed by atoms with Crippen molar-refractivity contribution in [3.63, 3.8) is 0 Å². The van der Waals surface area contributed by atoms with Gasteiger partial charge in [-0.2, -0.15) is 0 Å². The molecule has 1 N–H and O–H groups in total. The monoisotopic (exact) mass is 214 g/mol. The van der Waals surface area contributed by atoms with Gasteiger partial charge in [-0.25, -0.2) is 14.2 Å². The van der Waals surface area contributed by atoms with Gasteiger partial charge >= 0.3 is 38.6 Å². The molecular weight excluding hydrogens is 212 g/mol. The van der Waals surface area contributed by atoms with E-state index in [1.165, 1.54) is 0 Å². The summed E-state index contributed by atoms with van der Waals surface area (Å²) in [7, 11) is -5.35. The van der Waals surface area contributed by atoms with Crippen molar-refractivity contribution in [1.29, 1.82) is 0 Å². The largest absolute Gasteiger partial charge is 1.00 e. The molecule has 0 amide bonds. The molecule has 0 aromatic rings. The molecule has 72 valence electrons. The van der Waals surface area contributed by atoms with Gasteiger partial charge in [0.2, 0.25) is 0 Å². The third kappa shape index (κ3) is 4.97. The topological polar surface area (TPSA) is 99.1 Å². The molecule has 0 heterocycles. The molecule has 0 spiro atoms. The van der Waals surface area contributed by atoms with Crippen molar-refractivity contribution in [1.82, 2.24) is 0 Å². The number of hydrogen-bond acceptors (Lipinski definition) is 6. The van der Waals surface area contributed by atoms with Crippen LogP contribution in [0.4, 0.5) is 9.05 Å². The smallest absolute Gasteiger partial charge is 1.00 e. The van der Waals surface area contributed by atoms with Crippen LogP contribution in [0.1, 0.15) is 1.43 Å². The summed E-state index contributed by atoms with van der Waals surface area (Å²) in [6.07, 6.45) is 0. The summed E-state index contributed by atoms with van der Waals surface area (Å²) in [4.78, 5) is 19.6. The van der Waals surface area contributed by atoms with Crippen LogP contribution in [0, 0.1) is 0 Å². The van der Waals surface area contributed by atoms with Crippen molar-refractivity contribution >= 4 is 19.8 Å². The number of rotatable bonds is 3. The van der Waals surface area contributed by atoms with E-state index in [2.05, 4.69) is 14.0 Å². The minimum atomic E-state index is -5.35. The van der Waals surface area contributed by atoms with Crippen LogP contribution < -0.4 is 18.9 Å². The molecule has 0 aromatic heterocycles. The van der Waals surface area contributed by atoms with Crippen LogP contribution in [-0.4, -0.2) is 17.0 Å². The van der Waals surface area contributed by atoms with Crippen LogP contribution in [0.15, 0.2) is 0 Å². The third-order valence-corrected chi connectivity index (χ3v) is 1.27. The summed E-state index contributed by atoms with van der Waals surface area (Å²) >= 11 is 0. The molecular formula is C2H2F2LiO7P. The molecule has 0 aromatic carbocycles. The van der Waals surface area contributed by atoms with E-state index in [4.69, 9.17) is 5.11 Å². The summed E-state index contributed by atoms with van der Waals surface area (Å²) in [5.74, 6) is -4.38. The Labute approximate surface area is 83.0 Å². The number of phosphoric acid groups is 1. The van der Waals surface area contributed by atoms with Gasteiger partial charge in [0.25, 0.3) is 0 Å². The molecule has 0 aliphatic rings. The van der Waals surface area contributed by atoms with Gasteiger partial charge in [-0.3, -0.25) is 0 Å². The maximum Gasteiger partial charge on any atom is 1.00 e. The van der Waals surface area contributed by atoms with E-state index < -0.39 is 19.8 Å². The molecule has 0 bridgehead atoms. The van der Waals surface area contributed by atoms with Gasteiger partial charge in [0.05, 0.1) is 0 Å². The van der Waals surface area contributed by atoms with Crippen molar-refractivity contribution in [3.05, 3.63) is 0 Å². The van der Waals surface area contributed by atoms with Gasteiger partial charge < -0.3 is 11.1 Å². The second kappa shape index (κ2) is 6.07. The molecule has 0 fully saturated rings. The first-order chi connectivity index (χ1) is 5.45. The van der Waals surface area contributed by atoms with Gasteiger partial charge in [-0.15, -0.1) is 0 Å². The Morgan fingerprint density at radius 3 is 1.92 bits per heavy atom. The Morgan fingerprint density at radius 1 is 1.31 bits per heavy atom. The number of aliphatic carboxylic acids is 1. The van der Waals surface area contributed by atoms with Crippen LogP contribution in [-0.2, 0) is 28.1 Å². The maximum atomic E-state index is 11.1. The predicted molar refractivity (Wildman–Crippen MR) is 26.8 cm³/mol. The Morgan fingerprint density at radius 2 is 1.69 bits per heavy atom. The normalized spacial score (nSPS) is 10.0. The van der Waals surface area contributed by atoms with Crippen LogP contribution in [0.5, 0.6) is 0 Å². The molecule has 0 unspecified atom stereocenters. The molecule has 0 saturated heterocycles. The first-order valence-electron chi connectivity index (χ1n) is 2.12. The quantitative estimate of drug-likeness (QED) is 0.318. The minimum Gasteiger partial charge on any atom is -1.00 e. The summed E-state index contributed by atoms with van der Waals surface area (Å²) in [5, 5.41) is 7.78. The second-order valence-corrected chi connectivity index (χ2v) is 2.62. The van der Waals surface area contributed by atoms with Crippen LogP contribution in [0.25, 0.3) is 0 Å². The standard InChI is InChI=1S/C2HF2O7P.Li.H/c3-10-12(8,11-4)9-2(7)1(5)6;;/h(H,5,6);;/q;+1;-1. The van der Waals surface area contributed by atoms with Gasteiger partial charge in [0, 0.05) is 0 Å². The number of halogens is 2. The molecule has 0 rings (SSSR count). The Hall–Kier alpha value is -0.453. The zero-order valence-corrected chi connectivity index (χ0v) is 6.99. The fourth-order valence-electron chi connectivity index (χ4n) is 0.179. The van der Waals surface area contributed by atoms with Crippen molar-refractivity contribution in [2.24, 2.45) is 0 Å². The Balaban J connectivity index is -0.000000605. The van der Waals surface area contributed by atoms with Crippen molar-refractivity contribution in [3.8, 4) is 0 Å². The van der Waals surface area contributed by atoms with E-state index in [0.717, 1.165) is 0 Å². The van der Waals surface area contributed by atoms with Crippen molar-refractivity contribution < 1.29 is 62.6 Å². The van der Waals surface area contributed by atoms with E-state index in [1.807, 2.05) is 0 Å². The number of carboxylic acid groups (broad SMARTS) is 1. The van der Waals surface area contributed by atoms with Crippen molar-refractivity contribution in [2.45, 2.75) is 0 Å². The van der Waals surface area contributed by atoms with E-state index in [0.29, 0.717) is 0 Å². The molecule has 7 nitrogen and oxygen atoms in total. The molecule has 11 heteroatoms. The Kier molecular flexibility index (Phi) is 7.02. The fraction of sp³-hybridized carbons (Fsp3) is 0. The summed E-state index contributed by atoms with van der Waals surface area (Å²) < 4.78 is 39.9. The number of carbonyl (C=O) groups is 2. The van der Waals surface area contributed by atoms with E-state index >= 15 is 0 Å². The van der Waals surface area contributed by atoms with E-state index in [-0.39, 0.29) is 20.3 Å². The fourth-order valence-corrected chi connectivity index (χ4v) is 0.538. The third-order valence-electron chi connectivity index (χ3n) is 0.538. The SMILES string of the molecule is O=C(O)C(=O)OP(=O)(OF)OF.[H-].[Li+]. The van der Waals surface area contributed by atoms with Gasteiger partial charge in [-0.05, 0) is 9.05 Å². The second-order valence-electron chi connectivity index (χ2n) is 1.27. The molecule has 0 radical (unpaired) electrons. The number of carboxylic acids is 1. The maximum absolute atomic E-state index is 11.1. The van der Waals surface area contributed by atoms with Gasteiger partial charge in [0.1, 0.15) is 0 Å².